The maximum absolute atomic E-state index is 12.5. The van der Waals surface area contributed by atoms with Crippen LogP contribution in [0.25, 0.3) is 22.3 Å². The van der Waals surface area contributed by atoms with Crippen molar-refractivity contribution in [1.82, 2.24) is 4.90 Å². The number of carbonyl (C=O) groups is 1. The number of methoxy groups -OCH3 is 1. The Morgan fingerprint density at radius 2 is 2.00 bits per heavy atom. The Kier molecular flexibility index (Phi) is 5.83. The molecule has 1 fully saturated rings. The third kappa shape index (κ3) is 4.14. The lowest BCUT2D eigenvalue weighted by Crippen LogP contribution is -2.27. The molecule has 1 aliphatic heterocycles. The molecular weight excluding hydrogens is 386 g/mol. The predicted octanol–water partition coefficient (Wildman–Crippen LogP) is 4.74. The summed E-state index contributed by atoms with van der Waals surface area (Å²) in [5.41, 5.74) is 2.63. The number of likely N-dealkylation sites (tertiary alicyclic amines) is 1. The third-order valence-electron chi connectivity index (χ3n) is 5.35. The minimum atomic E-state index is 0.0943. The Morgan fingerprint density at radius 1 is 1.21 bits per heavy atom. The van der Waals surface area contributed by atoms with Crippen LogP contribution in [-0.4, -0.2) is 48.8 Å². The molecule has 0 unspecified atom stereocenters. The van der Waals surface area contributed by atoms with Gasteiger partial charge in [-0.1, -0.05) is 6.07 Å². The lowest BCUT2D eigenvalue weighted by Gasteiger charge is -2.13. The van der Waals surface area contributed by atoms with Crippen LogP contribution in [-0.2, 0) is 11.2 Å². The molecule has 6 heteroatoms. The molecule has 0 bridgehead atoms. The number of benzene rings is 2. The minimum absolute atomic E-state index is 0.0943. The maximum Gasteiger partial charge on any atom is 0.161 e. The van der Waals surface area contributed by atoms with Crippen LogP contribution >= 0.6 is 11.8 Å². The van der Waals surface area contributed by atoms with Gasteiger partial charge in [-0.05, 0) is 68.1 Å². The molecule has 0 amide bonds. The maximum atomic E-state index is 12.5. The first-order valence-corrected chi connectivity index (χ1v) is 11.0. The number of ketones is 1. The van der Waals surface area contributed by atoms with E-state index >= 15 is 0 Å². The number of hydrogen-bond acceptors (Lipinski definition) is 6. The van der Waals surface area contributed by atoms with Crippen LogP contribution in [0.1, 0.15) is 18.4 Å². The molecule has 152 valence electrons. The summed E-state index contributed by atoms with van der Waals surface area (Å²) in [5, 5.41) is 10.9. The highest BCUT2D eigenvalue weighted by atomic mass is 32.2. The van der Waals surface area contributed by atoms with Crippen molar-refractivity contribution in [1.29, 1.82) is 0 Å². The Morgan fingerprint density at radius 3 is 2.72 bits per heavy atom. The zero-order valence-electron chi connectivity index (χ0n) is 16.7. The SMILES string of the molecule is COc1cc(-c2oc3ccc(CC(=O)CN4CCCC4)cc3c2SC)ccc1O. The molecule has 29 heavy (non-hydrogen) atoms. The van der Waals surface area contributed by atoms with Crippen molar-refractivity contribution in [2.75, 3.05) is 33.0 Å². The van der Waals surface area contributed by atoms with E-state index in [1.807, 2.05) is 24.5 Å². The van der Waals surface area contributed by atoms with Gasteiger partial charge in [0.05, 0.1) is 18.6 Å². The van der Waals surface area contributed by atoms with Crippen molar-refractivity contribution in [2.24, 2.45) is 0 Å². The summed E-state index contributed by atoms with van der Waals surface area (Å²) < 4.78 is 11.4. The normalized spacial score (nSPS) is 14.6. The fourth-order valence-electron chi connectivity index (χ4n) is 3.92. The number of nitrogens with zero attached hydrogens (tertiary/aromatic N) is 1. The van der Waals surface area contributed by atoms with Crippen LogP contribution < -0.4 is 4.74 Å². The van der Waals surface area contributed by atoms with E-state index in [4.69, 9.17) is 9.15 Å². The van der Waals surface area contributed by atoms with Crippen molar-refractivity contribution < 1.29 is 19.1 Å². The number of furan rings is 1. The highest BCUT2D eigenvalue weighted by Gasteiger charge is 2.19. The van der Waals surface area contributed by atoms with Gasteiger partial charge in [-0.2, -0.15) is 0 Å². The van der Waals surface area contributed by atoms with E-state index in [0.717, 1.165) is 45.8 Å². The van der Waals surface area contributed by atoms with Crippen molar-refractivity contribution in [3.8, 4) is 22.8 Å². The monoisotopic (exact) mass is 411 g/mol. The van der Waals surface area contributed by atoms with E-state index in [-0.39, 0.29) is 11.5 Å². The average molecular weight is 412 g/mol. The Labute approximate surface area is 174 Å². The predicted molar refractivity (Wildman–Crippen MR) is 116 cm³/mol. The average Bonchev–Trinajstić information content (AvgIpc) is 3.35. The van der Waals surface area contributed by atoms with Gasteiger partial charge in [-0.15, -0.1) is 11.8 Å². The van der Waals surface area contributed by atoms with E-state index in [9.17, 15) is 9.90 Å². The first kappa shape index (κ1) is 19.9. The van der Waals surface area contributed by atoms with Crippen LogP contribution in [0, 0.1) is 0 Å². The number of aromatic hydroxyl groups is 1. The molecule has 1 saturated heterocycles. The van der Waals surface area contributed by atoms with E-state index in [1.54, 1.807) is 23.9 Å². The van der Waals surface area contributed by atoms with E-state index in [2.05, 4.69) is 11.0 Å². The summed E-state index contributed by atoms with van der Waals surface area (Å²) in [7, 11) is 1.53. The Bertz CT molecular complexity index is 1040. The van der Waals surface area contributed by atoms with Crippen molar-refractivity contribution in [3.63, 3.8) is 0 Å². The molecule has 2 heterocycles. The van der Waals surface area contributed by atoms with Crippen molar-refractivity contribution in [3.05, 3.63) is 42.0 Å². The number of rotatable bonds is 7. The number of thioether (sulfide) groups is 1. The summed E-state index contributed by atoms with van der Waals surface area (Å²) in [4.78, 5) is 15.7. The van der Waals surface area contributed by atoms with Gasteiger partial charge in [0.1, 0.15) is 11.3 Å². The summed E-state index contributed by atoms with van der Waals surface area (Å²) >= 11 is 1.61. The molecule has 5 nitrogen and oxygen atoms in total. The number of hydrogen-bond donors (Lipinski definition) is 1. The number of phenolic OH excluding ortho intramolecular Hbond substituents is 1. The second-order valence-corrected chi connectivity index (χ2v) is 8.20. The summed E-state index contributed by atoms with van der Waals surface area (Å²) in [6.45, 7) is 2.60. The fraction of sp³-hybridized carbons (Fsp3) is 0.348. The molecule has 2 aromatic carbocycles. The van der Waals surface area contributed by atoms with Crippen LogP contribution in [0.5, 0.6) is 11.5 Å². The topological polar surface area (TPSA) is 62.9 Å². The van der Waals surface area contributed by atoms with Crippen molar-refractivity contribution in [2.45, 2.75) is 24.2 Å². The third-order valence-corrected chi connectivity index (χ3v) is 6.17. The van der Waals surface area contributed by atoms with Crippen molar-refractivity contribution >= 4 is 28.5 Å². The second-order valence-electron chi connectivity index (χ2n) is 7.38. The van der Waals surface area contributed by atoms with Gasteiger partial charge < -0.3 is 14.3 Å². The summed E-state index contributed by atoms with van der Waals surface area (Å²) in [6, 6.07) is 11.2. The molecule has 1 N–H and O–H groups in total. The van der Waals surface area contributed by atoms with Gasteiger partial charge in [0.2, 0.25) is 0 Å². The zero-order valence-corrected chi connectivity index (χ0v) is 17.6. The van der Waals surface area contributed by atoms with Gasteiger partial charge in [0.15, 0.2) is 17.3 Å². The Balaban J connectivity index is 1.64. The fourth-order valence-corrected chi connectivity index (χ4v) is 4.64. The first-order chi connectivity index (χ1) is 14.1. The molecule has 0 atom stereocenters. The lowest BCUT2D eigenvalue weighted by molar-refractivity contribution is -0.119. The van der Waals surface area contributed by atoms with Gasteiger partial charge in [0, 0.05) is 17.4 Å². The van der Waals surface area contributed by atoms with Gasteiger partial charge in [0.25, 0.3) is 0 Å². The van der Waals surface area contributed by atoms with E-state index in [1.165, 1.54) is 20.0 Å². The smallest absolute Gasteiger partial charge is 0.161 e. The molecular formula is C23H25NO4S. The molecule has 4 rings (SSSR count). The molecule has 0 radical (unpaired) electrons. The minimum Gasteiger partial charge on any atom is -0.504 e. The zero-order chi connectivity index (χ0) is 20.4. The number of phenols is 1. The highest BCUT2D eigenvalue weighted by Crippen LogP contribution is 2.41. The van der Waals surface area contributed by atoms with Gasteiger partial charge in [-0.3, -0.25) is 9.69 Å². The van der Waals surface area contributed by atoms with Crippen LogP contribution in [0.4, 0.5) is 0 Å². The second kappa shape index (κ2) is 8.51. The lowest BCUT2D eigenvalue weighted by atomic mass is 10.1. The summed E-state index contributed by atoms with van der Waals surface area (Å²) in [6.07, 6.45) is 4.83. The van der Waals surface area contributed by atoms with Crippen LogP contribution in [0.3, 0.4) is 0 Å². The quantitative estimate of drug-likeness (QED) is 0.567. The molecule has 0 saturated carbocycles. The van der Waals surface area contributed by atoms with E-state index in [0.29, 0.717) is 18.7 Å². The van der Waals surface area contributed by atoms with Crippen LogP contribution in [0.15, 0.2) is 45.7 Å². The molecule has 1 aliphatic rings. The molecule has 0 spiro atoms. The standard InChI is InChI=1S/C23H25NO4S/c1-27-21-13-16(6-7-19(21)26)22-23(29-2)18-12-15(5-8-20(18)28-22)11-17(25)14-24-9-3-4-10-24/h5-8,12-13,26H,3-4,9-11,14H2,1-2H3. The molecule has 3 aromatic rings. The first-order valence-electron chi connectivity index (χ1n) is 9.80. The van der Waals surface area contributed by atoms with Gasteiger partial charge >= 0.3 is 0 Å². The summed E-state index contributed by atoms with van der Waals surface area (Å²) in [5.74, 6) is 1.50. The largest absolute Gasteiger partial charge is 0.504 e. The van der Waals surface area contributed by atoms with Gasteiger partial charge in [-0.25, -0.2) is 0 Å². The van der Waals surface area contributed by atoms with E-state index < -0.39 is 0 Å². The number of carbonyl (C=O) groups excluding carboxylic acids is 1. The Hall–Kier alpha value is -2.44. The van der Waals surface area contributed by atoms with Crippen LogP contribution in [0.2, 0.25) is 0 Å². The number of ether oxygens (including phenoxy) is 1. The number of Topliss-reactive ketones (excluding diaryl/α,β-unsaturated/α-hetero) is 1. The highest BCUT2D eigenvalue weighted by molar-refractivity contribution is 7.99. The number of fused-ring (bicyclic) bond motifs is 1. The molecule has 0 aliphatic carbocycles. The molecule has 1 aromatic heterocycles.